The molecule has 2 rings (SSSR count). The Morgan fingerprint density at radius 2 is 1.88 bits per heavy atom. The van der Waals surface area contributed by atoms with Gasteiger partial charge in [0.25, 0.3) is 0 Å². The molecule has 0 atom stereocenters. The molecule has 0 saturated carbocycles. The Hall–Kier alpha value is -2.40. The first-order valence-electron chi connectivity index (χ1n) is 8.59. The van der Waals surface area contributed by atoms with Crippen LogP contribution in [-0.2, 0) is 11.3 Å². The van der Waals surface area contributed by atoms with Gasteiger partial charge in [-0.1, -0.05) is 36.4 Å². The van der Waals surface area contributed by atoms with Gasteiger partial charge >= 0.3 is 0 Å². The quantitative estimate of drug-likeness (QED) is 0.673. The maximum atomic E-state index is 13.1. The van der Waals surface area contributed by atoms with Crippen molar-refractivity contribution in [3.05, 3.63) is 66.0 Å². The topological polar surface area (TPSA) is 55.6 Å². The standard InChI is InChI=1S/C20H25FN2O2/c21-18-9-4-10-19(15-18)25-14-5-11-20(24)23(13-6-12-22)16-17-7-2-1-3-8-17/h1-4,7-10,15H,5-6,11-14,16,22H2. The third kappa shape index (κ3) is 6.93. The summed E-state index contributed by atoms with van der Waals surface area (Å²) in [4.78, 5) is 14.3. The van der Waals surface area contributed by atoms with Crippen LogP contribution in [0.3, 0.4) is 0 Å². The predicted octanol–water partition coefficient (Wildman–Crippen LogP) is 3.36. The number of halogens is 1. The van der Waals surface area contributed by atoms with E-state index in [1.807, 2.05) is 35.2 Å². The van der Waals surface area contributed by atoms with Gasteiger partial charge in [0.05, 0.1) is 6.61 Å². The molecule has 25 heavy (non-hydrogen) atoms. The average Bonchev–Trinajstić information content (AvgIpc) is 2.63. The van der Waals surface area contributed by atoms with Gasteiger partial charge in [-0.25, -0.2) is 4.39 Å². The minimum atomic E-state index is -0.329. The number of ether oxygens (including phenoxy) is 1. The molecule has 5 heteroatoms. The average molecular weight is 344 g/mol. The van der Waals surface area contributed by atoms with Crippen molar-refractivity contribution >= 4 is 5.91 Å². The lowest BCUT2D eigenvalue weighted by molar-refractivity contribution is -0.132. The van der Waals surface area contributed by atoms with Crippen LogP contribution in [0.5, 0.6) is 5.75 Å². The number of hydrogen-bond acceptors (Lipinski definition) is 3. The summed E-state index contributed by atoms with van der Waals surface area (Å²) in [7, 11) is 0. The first kappa shape index (κ1) is 18.9. The third-order valence-corrected chi connectivity index (χ3v) is 3.80. The highest BCUT2D eigenvalue weighted by molar-refractivity contribution is 5.76. The number of hydrogen-bond donors (Lipinski definition) is 1. The molecule has 2 N–H and O–H groups in total. The highest BCUT2D eigenvalue weighted by atomic mass is 19.1. The summed E-state index contributed by atoms with van der Waals surface area (Å²) >= 11 is 0. The van der Waals surface area contributed by atoms with Gasteiger partial charge in [0.2, 0.25) is 5.91 Å². The summed E-state index contributed by atoms with van der Waals surface area (Å²) in [5, 5.41) is 0. The van der Waals surface area contributed by atoms with Gasteiger partial charge < -0.3 is 15.4 Å². The van der Waals surface area contributed by atoms with Crippen molar-refractivity contribution in [3.8, 4) is 5.75 Å². The number of carbonyl (C=O) groups excluding carboxylic acids is 1. The molecule has 0 saturated heterocycles. The summed E-state index contributed by atoms with van der Waals surface area (Å²) in [5.41, 5.74) is 6.68. The maximum absolute atomic E-state index is 13.1. The normalized spacial score (nSPS) is 10.5. The van der Waals surface area contributed by atoms with Gasteiger partial charge in [-0.05, 0) is 37.1 Å². The number of amides is 1. The van der Waals surface area contributed by atoms with Crippen LogP contribution >= 0.6 is 0 Å². The summed E-state index contributed by atoms with van der Waals surface area (Å²) in [6.07, 6.45) is 1.76. The molecule has 4 nitrogen and oxygen atoms in total. The lowest BCUT2D eigenvalue weighted by Crippen LogP contribution is -2.32. The fourth-order valence-corrected chi connectivity index (χ4v) is 2.51. The summed E-state index contributed by atoms with van der Waals surface area (Å²) in [6, 6.07) is 15.9. The molecule has 0 heterocycles. The summed E-state index contributed by atoms with van der Waals surface area (Å²) in [5.74, 6) is 0.237. The molecule has 0 aliphatic heterocycles. The molecule has 0 radical (unpaired) electrons. The minimum Gasteiger partial charge on any atom is -0.493 e. The largest absolute Gasteiger partial charge is 0.493 e. The zero-order valence-electron chi connectivity index (χ0n) is 14.4. The number of benzene rings is 2. The van der Waals surface area contributed by atoms with Crippen molar-refractivity contribution in [1.29, 1.82) is 0 Å². The van der Waals surface area contributed by atoms with E-state index in [0.29, 0.717) is 44.8 Å². The highest BCUT2D eigenvalue weighted by Gasteiger charge is 2.13. The van der Waals surface area contributed by atoms with Gasteiger partial charge in [0, 0.05) is 25.6 Å². The molecule has 2 aromatic rings. The van der Waals surface area contributed by atoms with E-state index in [0.717, 1.165) is 12.0 Å². The molecule has 0 unspecified atom stereocenters. The summed E-state index contributed by atoms with van der Waals surface area (Å²) < 4.78 is 18.6. The third-order valence-electron chi connectivity index (χ3n) is 3.80. The molecular weight excluding hydrogens is 319 g/mol. The fraction of sp³-hybridized carbons (Fsp3) is 0.350. The molecule has 0 bridgehead atoms. The van der Waals surface area contributed by atoms with Crippen LogP contribution in [0.4, 0.5) is 4.39 Å². The molecule has 0 aliphatic rings. The monoisotopic (exact) mass is 344 g/mol. The van der Waals surface area contributed by atoms with Gasteiger partial charge in [-0.3, -0.25) is 4.79 Å². The van der Waals surface area contributed by atoms with E-state index in [2.05, 4.69) is 0 Å². The van der Waals surface area contributed by atoms with E-state index in [1.54, 1.807) is 12.1 Å². The number of rotatable bonds is 10. The number of carbonyl (C=O) groups is 1. The van der Waals surface area contributed by atoms with Crippen molar-refractivity contribution in [2.75, 3.05) is 19.7 Å². The molecule has 1 amide bonds. The van der Waals surface area contributed by atoms with E-state index in [-0.39, 0.29) is 11.7 Å². The van der Waals surface area contributed by atoms with Crippen LogP contribution in [-0.4, -0.2) is 30.5 Å². The van der Waals surface area contributed by atoms with Crippen LogP contribution in [0.15, 0.2) is 54.6 Å². The van der Waals surface area contributed by atoms with Crippen LogP contribution in [0, 0.1) is 5.82 Å². The minimum absolute atomic E-state index is 0.0835. The van der Waals surface area contributed by atoms with Crippen molar-refractivity contribution in [3.63, 3.8) is 0 Å². The second-order valence-electron chi connectivity index (χ2n) is 5.85. The number of nitrogens with zero attached hydrogens (tertiary/aromatic N) is 1. The molecule has 0 aromatic heterocycles. The Kier molecular flexibility index (Phi) is 7.92. The van der Waals surface area contributed by atoms with Gasteiger partial charge in [0.15, 0.2) is 0 Å². The Balaban J connectivity index is 1.80. The molecule has 2 aromatic carbocycles. The van der Waals surface area contributed by atoms with E-state index in [9.17, 15) is 9.18 Å². The van der Waals surface area contributed by atoms with E-state index < -0.39 is 0 Å². The smallest absolute Gasteiger partial charge is 0.222 e. The second-order valence-corrected chi connectivity index (χ2v) is 5.85. The van der Waals surface area contributed by atoms with Crippen molar-refractivity contribution in [1.82, 2.24) is 4.90 Å². The van der Waals surface area contributed by atoms with Gasteiger partial charge in [-0.2, -0.15) is 0 Å². The predicted molar refractivity (Wildman–Crippen MR) is 96.7 cm³/mol. The second kappa shape index (κ2) is 10.5. The van der Waals surface area contributed by atoms with Crippen molar-refractivity contribution in [2.45, 2.75) is 25.8 Å². The first-order valence-corrected chi connectivity index (χ1v) is 8.59. The fourth-order valence-electron chi connectivity index (χ4n) is 2.51. The zero-order valence-corrected chi connectivity index (χ0v) is 14.4. The molecule has 0 spiro atoms. The van der Waals surface area contributed by atoms with Gasteiger partial charge in [-0.15, -0.1) is 0 Å². The Labute approximate surface area is 148 Å². The Morgan fingerprint density at radius 1 is 1.08 bits per heavy atom. The van der Waals surface area contributed by atoms with E-state index in [4.69, 9.17) is 10.5 Å². The Morgan fingerprint density at radius 3 is 2.60 bits per heavy atom. The SMILES string of the molecule is NCCCN(Cc1ccccc1)C(=O)CCCOc1cccc(F)c1. The first-order chi connectivity index (χ1) is 12.2. The summed E-state index contributed by atoms with van der Waals surface area (Å²) in [6.45, 7) is 2.17. The highest BCUT2D eigenvalue weighted by Crippen LogP contribution is 2.13. The molecule has 0 fully saturated rings. The molecule has 134 valence electrons. The number of nitrogens with two attached hydrogens (primary N) is 1. The Bertz CT molecular complexity index is 649. The van der Waals surface area contributed by atoms with Gasteiger partial charge in [0.1, 0.15) is 11.6 Å². The van der Waals surface area contributed by atoms with E-state index >= 15 is 0 Å². The van der Waals surface area contributed by atoms with Crippen molar-refractivity contribution < 1.29 is 13.9 Å². The van der Waals surface area contributed by atoms with Crippen molar-refractivity contribution in [2.24, 2.45) is 5.73 Å². The van der Waals surface area contributed by atoms with E-state index in [1.165, 1.54) is 12.1 Å². The molecular formula is C20H25FN2O2. The lowest BCUT2D eigenvalue weighted by atomic mass is 10.2. The van der Waals surface area contributed by atoms with Crippen LogP contribution < -0.4 is 10.5 Å². The van der Waals surface area contributed by atoms with Crippen LogP contribution in [0.25, 0.3) is 0 Å². The van der Waals surface area contributed by atoms with Crippen LogP contribution in [0.1, 0.15) is 24.8 Å². The zero-order chi connectivity index (χ0) is 17.9. The lowest BCUT2D eigenvalue weighted by Gasteiger charge is -2.23. The molecule has 0 aliphatic carbocycles. The maximum Gasteiger partial charge on any atom is 0.222 e. The van der Waals surface area contributed by atoms with Crippen LogP contribution in [0.2, 0.25) is 0 Å².